The lowest BCUT2D eigenvalue weighted by Crippen LogP contribution is -2.72. The lowest BCUT2D eigenvalue weighted by molar-refractivity contribution is -0.153. The molecule has 2 bridgehead atoms. The van der Waals surface area contributed by atoms with Gasteiger partial charge in [0.25, 0.3) is 5.91 Å². The first kappa shape index (κ1) is 10.8. The van der Waals surface area contributed by atoms with Crippen LogP contribution in [0.1, 0.15) is 44.9 Å². The van der Waals surface area contributed by atoms with Gasteiger partial charge in [-0.15, -0.1) is 0 Å². The predicted octanol–water partition coefficient (Wildman–Crippen LogP) is 1.74. The molecular formula is C14H20N2O2. The number of amides is 1. The number of piperidine rings is 1. The Morgan fingerprint density at radius 1 is 1.33 bits per heavy atom. The van der Waals surface area contributed by atoms with Gasteiger partial charge in [0.1, 0.15) is 11.1 Å². The topological polar surface area (TPSA) is 41.9 Å². The average molecular weight is 248 g/mol. The van der Waals surface area contributed by atoms with E-state index in [0.29, 0.717) is 11.8 Å². The number of nitrogens with zero attached hydrogens (tertiary/aromatic N) is 2. The Balaban J connectivity index is 1.91. The highest BCUT2D eigenvalue weighted by Crippen LogP contribution is 2.55. The highest BCUT2D eigenvalue weighted by Gasteiger charge is 2.67. The lowest BCUT2D eigenvalue weighted by atomic mass is 9.61. The molecule has 4 heterocycles. The fraction of sp³-hybridized carbons (Fsp3) is 0.857. The molecule has 0 aromatic rings. The van der Waals surface area contributed by atoms with Gasteiger partial charge in [0.05, 0.1) is 7.11 Å². The molecular weight excluding hydrogens is 228 g/mol. The molecule has 1 aliphatic carbocycles. The Labute approximate surface area is 107 Å². The van der Waals surface area contributed by atoms with Crippen LogP contribution in [0.4, 0.5) is 0 Å². The number of rotatable bonds is 0. The normalized spacial score (nSPS) is 45.6. The van der Waals surface area contributed by atoms with Crippen LogP contribution < -0.4 is 0 Å². The van der Waals surface area contributed by atoms with E-state index in [4.69, 9.17) is 9.73 Å². The van der Waals surface area contributed by atoms with Crippen LogP contribution in [0.15, 0.2) is 4.99 Å². The van der Waals surface area contributed by atoms with Crippen molar-refractivity contribution < 1.29 is 9.53 Å². The zero-order valence-electron chi connectivity index (χ0n) is 10.9. The van der Waals surface area contributed by atoms with E-state index in [0.717, 1.165) is 44.5 Å². The van der Waals surface area contributed by atoms with E-state index >= 15 is 0 Å². The van der Waals surface area contributed by atoms with Crippen molar-refractivity contribution in [2.24, 2.45) is 10.9 Å². The van der Waals surface area contributed by atoms with Gasteiger partial charge in [-0.3, -0.25) is 4.79 Å². The zero-order valence-corrected chi connectivity index (χ0v) is 10.9. The van der Waals surface area contributed by atoms with Crippen LogP contribution in [0.5, 0.6) is 0 Å². The molecule has 0 aromatic carbocycles. The molecule has 0 unspecified atom stereocenters. The summed E-state index contributed by atoms with van der Waals surface area (Å²) in [7, 11) is 1.71. The summed E-state index contributed by atoms with van der Waals surface area (Å²) in [5.41, 5.74) is -0.620. The molecule has 98 valence electrons. The molecule has 2 saturated heterocycles. The first-order valence-electron chi connectivity index (χ1n) is 7.19. The molecule has 0 aromatic heterocycles. The number of hydrogen-bond acceptors (Lipinski definition) is 3. The van der Waals surface area contributed by atoms with E-state index in [9.17, 15) is 4.79 Å². The summed E-state index contributed by atoms with van der Waals surface area (Å²) in [5, 5.41) is 0. The Hall–Kier alpha value is -1.06. The molecule has 2 spiro atoms. The smallest absolute Gasteiger partial charge is 0.251 e. The zero-order chi connectivity index (χ0) is 12.4. The monoisotopic (exact) mass is 248 g/mol. The van der Waals surface area contributed by atoms with Gasteiger partial charge in [-0.2, -0.15) is 0 Å². The van der Waals surface area contributed by atoms with E-state index in [2.05, 4.69) is 4.90 Å². The maximum Gasteiger partial charge on any atom is 0.251 e. The molecule has 1 amide bonds. The standard InChI is InChI=1S/C14H20N2O2/c1-18-11-13-6-4-8-16(13)12(17)14(15-11)7-3-2-5-10(14)9-13/h10H,2-9H2,1H3/t10-,13-,14-/m1/s1. The fourth-order valence-corrected chi connectivity index (χ4v) is 4.83. The van der Waals surface area contributed by atoms with Crippen molar-refractivity contribution in [3.8, 4) is 0 Å². The van der Waals surface area contributed by atoms with Gasteiger partial charge >= 0.3 is 0 Å². The number of hydrogen-bond donors (Lipinski definition) is 0. The van der Waals surface area contributed by atoms with E-state index in [-0.39, 0.29) is 5.54 Å². The van der Waals surface area contributed by atoms with Gasteiger partial charge < -0.3 is 9.64 Å². The first-order chi connectivity index (χ1) is 8.73. The molecule has 0 N–H and O–H groups in total. The molecule has 3 fully saturated rings. The maximum atomic E-state index is 12.8. The van der Waals surface area contributed by atoms with E-state index in [1.54, 1.807) is 7.11 Å². The first-order valence-corrected chi connectivity index (χ1v) is 7.19. The molecule has 5 aliphatic rings. The van der Waals surface area contributed by atoms with E-state index < -0.39 is 5.54 Å². The quantitative estimate of drug-likeness (QED) is 0.655. The molecule has 4 heteroatoms. The largest absolute Gasteiger partial charge is 0.483 e. The van der Waals surface area contributed by atoms with Crippen LogP contribution in [0, 0.1) is 5.92 Å². The van der Waals surface area contributed by atoms with Crippen molar-refractivity contribution in [3.05, 3.63) is 0 Å². The third kappa shape index (κ3) is 0.998. The fourth-order valence-electron chi connectivity index (χ4n) is 4.83. The molecule has 5 rings (SSSR count). The van der Waals surface area contributed by atoms with Crippen molar-refractivity contribution in [3.63, 3.8) is 0 Å². The summed E-state index contributed by atoms with van der Waals surface area (Å²) in [6.45, 7) is 0.898. The second-order valence-corrected chi connectivity index (χ2v) is 6.28. The SMILES string of the molecule is COC1=N[C@]23CCCC[C@@H]2C[C@]12CCCN2C3=O. The van der Waals surface area contributed by atoms with E-state index in [1.807, 2.05) is 0 Å². The summed E-state index contributed by atoms with van der Waals surface area (Å²) in [5.74, 6) is 1.61. The minimum atomic E-state index is -0.449. The van der Waals surface area contributed by atoms with Gasteiger partial charge in [-0.1, -0.05) is 12.8 Å². The number of carbonyl (C=O) groups is 1. The summed E-state index contributed by atoms with van der Waals surface area (Å²) >= 11 is 0. The van der Waals surface area contributed by atoms with Gasteiger partial charge in [0, 0.05) is 6.54 Å². The van der Waals surface area contributed by atoms with Gasteiger partial charge in [-0.25, -0.2) is 4.99 Å². The Morgan fingerprint density at radius 2 is 2.22 bits per heavy atom. The van der Waals surface area contributed by atoms with Crippen LogP contribution in [-0.2, 0) is 9.53 Å². The average Bonchev–Trinajstić information content (AvgIpc) is 2.82. The Bertz CT molecular complexity index is 447. The predicted molar refractivity (Wildman–Crippen MR) is 67.4 cm³/mol. The molecule has 0 radical (unpaired) electrons. The maximum absolute atomic E-state index is 12.8. The summed E-state index contributed by atoms with van der Waals surface area (Å²) in [6.07, 6.45) is 7.70. The molecule has 3 atom stereocenters. The number of carbonyl (C=O) groups excluding carboxylic acids is 1. The van der Waals surface area contributed by atoms with Gasteiger partial charge in [0.15, 0.2) is 0 Å². The van der Waals surface area contributed by atoms with Crippen LogP contribution >= 0.6 is 0 Å². The van der Waals surface area contributed by atoms with Crippen LogP contribution in [0.2, 0.25) is 0 Å². The van der Waals surface area contributed by atoms with E-state index in [1.165, 1.54) is 12.8 Å². The van der Waals surface area contributed by atoms with Crippen molar-refractivity contribution in [2.45, 2.75) is 56.0 Å². The number of methoxy groups -OCH3 is 1. The molecule has 4 nitrogen and oxygen atoms in total. The molecule has 4 aliphatic heterocycles. The van der Waals surface area contributed by atoms with Gasteiger partial charge in [0.2, 0.25) is 5.90 Å². The molecule has 1 saturated carbocycles. The number of ether oxygens (including phenoxy) is 1. The summed E-state index contributed by atoms with van der Waals surface area (Å²) in [6, 6.07) is 0. The van der Waals surface area contributed by atoms with Gasteiger partial charge in [-0.05, 0) is 38.0 Å². The van der Waals surface area contributed by atoms with Crippen molar-refractivity contribution in [2.75, 3.05) is 13.7 Å². The van der Waals surface area contributed by atoms with Crippen molar-refractivity contribution >= 4 is 11.8 Å². The minimum absolute atomic E-state index is 0.171. The van der Waals surface area contributed by atoms with Crippen LogP contribution in [0.3, 0.4) is 0 Å². The Morgan fingerprint density at radius 3 is 3.06 bits per heavy atom. The van der Waals surface area contributed by atoms with Crippen molar-refractivity contribution in [1.29, 1.82) is 0 Å². The summed E-state index contributed by atoms with van der Waals surface area (Å²) < 4.78 is 5.58. The highest BCUT2D eigenvalue weighted by molar-refractivity contribution is 6.03. The number of aliphatic imine (C=N–C) groups is 1. The summed E-state index contributed by atoms with van der Waals surface area (Å²) in [4.78, 5) is 19.8. The van der Waals surface area contributed by atoms with Crippen molar-refractivity contribution in [1.82, 2.24) is 4.90 Å². The minimum Gasteiger partial charge on any atom is -0.483 e. The third-order valence-electron chi connectivity index (χ3n) is 5.62. The van der Waals surface area contributed by atoms with Crippen LogP contribution in [0.25, 0.3) is 0 Å². The second-order valence-electron chi connectivity index (χ2n) is 6.28. The highest BCUT2D eigenvalue weighted by atomic mass is 16.5. The Kier molecular flexibility index (Phi) is 1.97. The lowest BCUT2D eigenvalue weighted by Gasteiger charge is -2.58. The van der Waals surface area contributed by atoms with Crippen LogP contribution in [-0.4, -0.2) is 41.4 Å². The third-order valence-corrected chi connectivity index (χ3v) is 5.62. The molecule has 18 heavy (non-hydrogen) atoms. The second kappa shape index (κ2) is 3.28.